The highest BCUT2D eigenvalue weighted by molar-refractivity contribution is 6.34. The number of aryl methyl sites for hydroxylation is 1. The van der Waals surface area contributed by atoms with Crippen molar-refractivity contribution >= 4 is 17.6 Å². The van der Waals surface area contributed by atoms with Gasteiger partial charge in [-0.05, 0) is 19.4 Å². The topological polar surface area (TPSA) is 39.2 Å². The van der Waals surface area contributed by atoms with Crippen LogP contribution in [0.3, 0.4) is 0 Å². The van der Waals surface area contributed by atoms with Gasteiger partial charge in [0, 0.05) is 6.20 Å². The molecule has 0 saturated heterocycles. The predicted octanol–water partition coefficient (Wildman–Crippen LogP) is 3.16. The molecule has 0 aromatic carbocycles. The van der Waals surface area contributed by atoms with Gasteiger partial charge in [0.1, 0.15) is 5.69 Å². The van der Waals surface area contributed by atoms with Gasteiger partial charge in [-0.3, -0.25) is 4.98 Å². The van der Waals surface area contributed by atoms with Crippen molar-refractivity contribution in [1.82, 2.24) is 4.98 Å². The van der Waals surface area contributed by atoms with E-state index in [4.69, 9.17) is 16.3 Å². The molecule has 0 aliphatic rings. The minimum absolute atomic E-state index is 0.0474. The molecule has 16 heavy (non-hydrogen) atoms. The number of halogens is 3. The predicted molar refractivity (Wildman–Crippen MR) is 54.9 cm³/mol. The third-order valence-electron chi connectivity index (χ3n) is 1.92. The lowest BCUT2D eigenvalue weighted by atomic mass is 10.1. The molecule has 88 valence electrons. The molecule has 6 heteroatoms. The highest BCUT2D eigenvalue weighted by Gasteiger charge is 2.23. The van der Waals surface area contributed by atoms with Crippen LogP contribution in [-0.4, -0.2) is 17.6 Å². The summed E-state index contributed by atoms with van der Waals surface area (Å²) in [4.78, 5) is 15.0. The van der Waals surface area contributed by atoms with Crippen molar-refractivity contribution in [3.05, 3.63) is 28.0 Å². The van der Waals surface area contributed by atoms with Crippen LogP contribution in [0.4, 0.5) is 8.78 Å². The van der Waals surface area contributed by atoms with E-state index < -0.39 is 18.1 Å². The van der Waals surface area contributed by atoms with Crippen molar-refractivity contribution in [3.8, 4) is 0 Å². The fourth-order valence-electron chi connectivity index (χ4n) is 1.19. The maximum Gasteiger partial charge on any atom is 0.340 e. The standard InChI is InChI=1S/C10H10ClF2NO2/c1-3-16-10(15)6-5(2)4-14-8(7(6)11)9(12)13/h4,9H,3H2,1-2H3. The van der Waals surface area contributed by atoms with Gasteiger partial charge < -0.3 is 4.74 Å². The summed E-state index contributed by atoms with van der Waals surface area (Å²) in [6, 6.07) is 0. The molecule has 1 rings (SSSR count). The second-order valence-corrected chi connectivity index (χ2v) is 3.41. The van der Waals surface area contributed by atoms with Gasteiger partial charge in [-0.2, -0.15) is 0 Å². The van der Waals surface area contributed by atoms with Crippen LogP contribution in [0, 0.1) is 6.92 Å². The SMILES string of the molecule is CCOC(=O)c1c(C)cnc(C(F)F)c1Cl. The van der Waals surface area contributed by atoms with Crippen LogP contribution in [0.15, 0.2) is 6.20 Å². The highest BCUT2D eigenvalue weighted by atomic mass is 35.5. The summed E-state index contributed by atoms with van der Waals surface area (Å²) in [5.74, 6) is -0.714. The molecule has 0 spiro atoms. The highest BCUT2D eigenvalue weighted by Crippen LogP contribution is 2.29. The van der Waals surface area contributed by atoms with Gasteiger partial charge in [0.2, 0.25) is 0 Å². The van der Waals surface area contributed by atoms with Crippen molar-refractivity contribution in [2.75, 3.05) is 6.61 Å². The first-order chi connectivity index (χ1) is 7.49. The van der Waals surface area contributed by atoms with Gasteiger partial charge >= 0.3 is 5.97 Å². The molecule has 1 aromatic heterocycles. The number of ether oxygens (including phenoxy) is 1. The lowest BCUT2D eigenvalue weighted by Crippen LogP contribution is -2.10. The van der Waals surface area contributed by atoms with Crippen molar-refractivity contribution < 1.29 is 18.3 Å². The summed E-state index contributed by atoms with van der Waals surface area (Å²) < 4.78 is 29.7. The van der Waals surface area contributed by atoms with Gasteiger partial charge in [-0.25, -0.2) is 13.6 Å². The van der Waals surface area contributed by atoms with E-state index in [-0.39, 0.29) is 17.2 Å². The Labute approximate surface area is 96.4 Å². The van der Waals surface area contributed by atoms with E-state index in [1.807, 2.05) is 0 Å². The van der Waals surface area contributed by atoms with Crippen molar-refractivity contribution in [2.24, 2.45) is 0 Å². The number of pyridine rings is 1. The molecule has 0 unspecified atom stereocenters. The van der Waals surface area contributed by atoms with E-state index in [1.54, 1.807) is 13.8 Å². The maximum absolute atomic E-state index is 12.5. The minimum Gasteiger partial charge on any atom is -0.462 e. The quantitative estimate of drug-likeness (QED) is 0.773. The first-order valence-electron chi connectivity index (χ1n) is 4.59. The first kappa shape index (κ1) is 12.8. The molecule has 0 fully saturated rings. The van der Waals surface area contributed by atoms with Crippen LogP contribution in [-0.2, 0) is 4.74 Å². The molecule has 3 nitrogen and oxygen atoms in total. The summed E-state index contributed by atoms with van der Waals surface area (Å²) in [6.45, 7) is 3.33. The number of carbonyl (C=O) groups is 1. The molecule has 0 saturated carbocycles. The van der Waals surface area contributed by atoms with E-state index in [0.29, 0.717) is 5.56 Å². The van der Waals surface area contributed by atoms with Gasteiger partial charge in [-0.15, -0.1) is 0 Å². The lowest BCUT2D eigenvalue weighted by molar-refractivity contribution is 0.0525. The van der Waals surface area contributed by atoms with Gasteiger partial charge in [-0.1, -0.05) is 11.6 Å². The van der Waals surface area contributed by atoms with Crippen molar-refractivity contribution in [1.29, 1.82) is 0 Å². The number of carbonyl (C=O) groups excluding carboxylic acids is 1. The number of rotatable bonds is 3. The largest absolute Gasteiger partial charge is 0.462 e. The summed E-state index contributed by atoms with van der Waals surface area (Å²) in [5, 5.41) is -0.339. The molecule has 0 bridgehead atoms. The van der Waals surface area contributed by atoms with E-state index in [0.717, 1.165) is 0 Å². The number of nitrogens with zero attached hydrogens (tertiary/aromatic N) is 1. The van der Waals surface area contributed by atoms with Gasteiger partial charge in [0.25, 0.3) is 6.43 Å². The zero-order valence-electron chi connectivity index (χ0n) is 8.76. The Morgan fingerprint density at radius 2 is 2.25 bits per heavy atom. The molecule has 0 amide bonds. The maximum atomic E-state index is 12.5. The van der Waals surface area contributed by atoms with E-state index in [1.165, 1.54) is 6.20 Å². The summed E-state index contributed by atoms with van der Waals surface area (Å²) in [6.07, 6.45) is -1.64. The normalized spacial score (nSPS) is 10.6. The van der Waals surface area contributed by atoms with Crippen LogP contribution < -0.4 is 0 Å². The number of esters is 1. The Morgan fingerprint density at radius 1 is 1.62 bits per heavy atom. The minimum atomic E-state index is -2.82. The molecular formula is C10H10ClF2NO2. The fraction of sp³-hybridized carbons (Fsp3) is 0.400. The molecule has 0 aliphatic heterocycles. The van der Waals surface area contributed by atoms with Gasteiger partial charge in [0.15, 0.2) is 0 Å². The third kappa shape index (κ3) is 2.47. The Hall–Kier alpha value is -1.23. The van der Waals surface area contributed by atoms with E-state index >= 15 is 0 Å². The van der Waals surface area contributed by atoms with Crippen LogP contribution in [0.5, 0.6) is 0 Å². The molecule has 1 heterocycles. The smallest absolute Gasteiger partial charge is 0.340 e. The molecule has 0 atom stereocenters. The Bertz CT molecular complexity index is 410. The Balaban J connectivity index is 3.26. The average Bonchev–Trinajstić information content (AvgIpc) is 2.17. The van der Waals surface area contributed by atoms with Crippen molar-refractivity contribution in [3.63, 3.8) is 0 Å². The number of aromatic nitrogens is 1. The zero-order chi connectivity index (χ0) is 12.3. The fourth-order valence-corrected chi connectivity index (χ4v) is 1.55. The summed E-state index contributed by atoms with van der Waals surface area (Å²) in [5.41, 5.74) is -0.239. The third-order valence-corrected chi connectivity index (χ3v) is 2.30. The Morgan fingerprint density at radius 3 is 2.75 bits per heavy atom. The van der Waals surface area contributed by atoms with Crippen LogP contribution in [0.2, 0.25) is 5.02 Å². The van der Waals surface area contributed by atoms with Crippen molar-refractivity contribution in [2.45, 2.75) is 20.3 Å². The van der Waals surface area contributed by atoms with Crippen LogP contribution in [0.25, 0.3) is 0 Å². The second kappa shape index (κ2) is 5.21. The molecule has 1 aromatic rings. The summed E-state index contributed by atoms with van der Waals surface area (Å²) >= 11 is 5.70. The lowest BCUT2D eigenvalue weighted by Gasteiger charge is -2.10. The van der Waals surface area contributed by atoms with E-state index in [9.17, 15) is 13.6 Å². The Kier molecular flexibility index (Phi) is 4.18. The van der Waals surface area contributed by atoms with Crippen LogP contribution in [0.1, 0.15) is 35.0 Å². The second-order valence-electron chi connectivity index (χ2n) is 3.04. The van der Waals surface area contributed by atoms with E-state index in [2.05, 4.69) is 4.98 Å². The molecule has 0 radical (unpaired) electrons. The average molecular weight is 250 g/mol. The number of hydrogen-bond donors (Lipinski definition) is 0. The number of hydrogen-bond acceptors (Lipinski definition) is 3. The first-order valence-corrected chi connectivity index (χ1v) is 4.97. The van der Waals surface area contributed by atoms with Gasteiger partial charge in [0.05, 0.1) is 17.2 Å². The monoisotopic (exact) mass is 249 g/mol. The summed E-state index contributed by atoms with van der Waals surface area (Å²) in [7, 11) is 0. The number of alkyl halides is 2. The zero-order valence-corrected chi connectivity index (χ0v) is 9.52. The molecule has 0 N–H and O–H groups in total. The van der Waals surface area contributed by atoms with Crippen LogP contribution >= 0.6 is 11.6 Å². The molecule has 0 aliphatic carbocycles. The molecular weight excluding hydrogens is 240 g/mol.